The van der Waals surface area contributed by atoms with Gasteiger partial charge in [-0.3, -0.25) is 9.79 Å². The first-order valence-electron chi connectivity index (χ1n) is 8.88. The highest BCUT2D eigenvalue weighted by Gasteiger charge is 2.30. The van der Waals surface area contributed by atoms with Crippen molar-refractivity contribution in [3.8, 4) is 0 Å². The number of guanidine groups is 1. The van der Waals surface area contributed by atoms with Crippen LogP contribution in [0.15, 0.2) is 23.2 Å². The summed E-state index contributed by atoms with van der Waals surface area (Å²) in [5.41, 5.74) is 0.962. The van der Waals surface area contributed by atoms with E-state index in [9.17, 15) is 4.79 Å². The van der Waals surface area contributed by atoms with E-state index >= 15 is 0 Å². The van der Waals surface area contributed by atoms with Crippen molar-refractivity contribution in [1.82, 2.24) is 15.1 Å². The second kappa shape index (κ2) is 8.93. The maximum absolute atomic E-state index is 12.4. The minimum atomic E-state index is -0.244. The molecular formula is C18H24Cl2N4O2. The molecule has 6 nitrogen and oxygen atoms in total. The topological polar surface area (TPSA) is 57.2 Å². The molecule has 2 aliphatic rings. The zero-order valence-electron chi connectivity index (χ0n) is 14.9. The van der Waals surface area contributed by atoms with Crippen LogP contribution in [0.5, 0.6) is 0 Å². The van der Waals surface area contributed by atoms with Gasteiger partial charge in [0, 0.05) is 56.4 Å². The SMILES string of the molecule is CN=C(NCc1ccc(Cl)cc1Cl)N1CCN(C(=O)C2CCCO2)CC1. The molecule has 0 aromatic heterocycles. The number of hydrogen-bond donors (Lipinski definition) is 1. The van der Waals surface area contributed by atoms with Crippen molar-refractivity contribution in [1.29, 1.82) is 0 Å². The molecule has 2 saturated heterocycles. The van der Waals surface area contributed by atoms with Crippen molar-refractivity contribution in [2.45, 2.75) is 25.5 Å². The lowest BCUT2D eigenvalue weighted by molar-refractivity contribution is -0.142. The number of nitrogens with one attached hydrogen (secondary N) is 1. The molecule has 2 fully saturated rings. The lowest BCUT2D eigenvalue weighted by atomic mass is 10.2. The number of ether oxygens (including phenoxy) is 1. The molecule has 2 aliphatic heterocycles. The Hall–Kier alpha value is -1.50. The molecule has 1 aromatic carbocycles. The number of amides is 1. The average molecular weight is 399 g/mol. The number of nitrogens with zero attached hydrogens (tertiary/aromatic N) is 3. The van der Waals surface area contributed by atoms with Gasteiger partial charge in [0.1, 0.15) is 6.10 Å². The predicted octanol–water partition coefficient (Wildman–Crippen LogP) is 2.39. The molecule has 0 radical (unpaired) electrons. The quantitative estimate of drug-likeness (QED) is 0.627. The van der Waals surface area contributed by atoms with E-state index < -0.39 is 0 Å². The van der Waals surface area contributed by atoms with Crippen molar-refractivity contribution in [2.24, 2.45) is 4.99 Å². The van der Waals surface area contributed by atoms with Crippen LogP contribution in [0.3, 0.4) is 0 Å². The van der Waals surface area contributed by atoms with E-state index in [0.717, 1.165) is 37.5 Å². The predicted molar refractivity (Wildman–Crippen MR) is 104 cm³/mol. The van der Waals surface area contributed by atoms with Crippen molar-refractivity contribution in [3.05, 3.63) is 33.8 Å². The normalized spacial score (nSPS) is 21.2. The smallest absolute Gasteiger partial charge is 0.251 e. The highest BCUT2D eigenvalue weighted by Crippen LogP contribution is 2.21. The summed E-state index contributed by atoms with van der Waals surface area (Å²) < 4.78 is 5.51. The Labute approximate surface area is 164 Å². The number of halogens is 2. The van der Waals surface area contributed by atoms with Gasteiger partial charge in [0.2, 0.25) is 0 Å². The Morgan fingerprint density at radius 3 is 2.62 bits per heavy atom. The molecule has 0 spiro atoms. The van der Waals surface area contributed by atoms with E-state index in [4.69, 9.17) is 27.9 Å². The summed E-state index contributed by atoms with van der Waals surface area (Å²) in [4.78, 5) is 20.8. The molecule has 1 N–H and O–H groups in total. The molecule has 3 rings (SSSR count). The standard InChI is InChI=1S/C18H24Cl2N4O2/c1-21-18(22-12-13-4-5-14(19)11-15(13)20)24-8-6-23(7-9-24)17(25)16-3-2-10-26-16/h4-5,11,16H,2-3,6-10,12H2,1H3,(H,21,22). The number of aliphatic imine (C=N–C) groups is 1. The minimum Gasteiger partial charge on any atom is -0.368 e. The van der Waals surface area contributed by atoms with Gasteiger partial charge >= 0.3 is 0 Å². The van der Waals surface area contributed by atoms with E-state index in [1.165, 1.54) is 0 Å². The molecule has 142 valence electrons. The van der Waals surface area contributed by atoms with E-state index in [1.54, 1.807) is 13.1 Å². The molecule has 1 aromatic rings. The van der Waals surface area contributed by atoms with Crippen LogP contribution in [-0.2, 0) is 16.1 Å². The third kappa shape index (κ3) is 4.61. The maximum Gasteiger partial charge on any atom is 0.251 e. The largest absolute Gasteiger partial charge is 0.368 e. The summed E-state index contributed by atoms with van der Waals surface area (Å²) in [6, 6.07) is 5.46. The van der Waals surface area contributed by atoms with Crippen molar-refractivity contribution in [3.63, 3.8) is 0 Å². The van der Waals surface area contributed by atoms with Crippen LogP contribution in [0, 0.1) is 0 Å². The highest BCUT2D eigenvalue weighted by molar-refractivity contribution is 6.35. The number of piperazine rings is 1. The maximum atomic E-state index is 12.4. The Kier molecular flexibility index (Phi) is 6.62. The zero-order chi connectivity index (χ0) is 18.5. The van der Waals surface area contributed by atoms with Crippen LogP contribution < -0.4 is 5.32 Å². The Balaban J connectivity index is 1.51. The second-order valence-corrected chi connectivity index (χ2v) is 7.29. The Morgan fingerprint density at radius 2 is 2.00 bits per heavy atom. The van der Waals surface area contributed by atoms with E-state index in [0.29, 0.717) is 36.3 Å². The van der Waals surface area contributed by atoms with Crippen molar-refractivity contribution >= 4 is 35.1 Å². The molecule has 0 bridgehead atoms. The molecule has 2 heterocycles. The lowest BCUT2D eigenvalue weighted by Gasteiger charge is -2.37. The van der Waals surface area contributed by atoms with Crippen LogP contribution >= 0.6 is 23.2 Å². The lowest BCUT2D eigenvalue weighted by Crippen LogP contribution is -2.55. The van der Waals surface area contributed by atoms with Gasteiger partial charge in [-0.25, -0.2) is 0 Å². The van der Waals surface area contributed by atoms with Gasteiger partial charge in [-0.2, -0.15) is 0 Å². The van der Waals surface area contributed by atoms with Crippen LogP contribution in [-0.4, -0.2) is 67.6 Å². The van der Waals surface area contributed by atoms with Crippen LogP contribution in [0.25, 0.3) is 0 Å². The molecule has 1 unspecified atom stereocenters. The fourth-order valence-corrected chi connectivity index (χ4v) is 3.76. The first kappa shape index (κ1) is 19.3. The summed E-state index contributed by atoms with van der Waals surface area (Å²) in [6.45, 7) is 4.11. The van der Waals surface area contributed by atoms with E-state index in [1.807, 2.05) is 17.0 Å². The Morgan fingerprint density at radius 1 is 1.27 bits per heavy atom. The van der Waals surface area contributed by atoms with Gasteiger partial charge < -0.3 is 19.9 Å². The summed E-state index contributed by atoms with van der Waals surface area (Å²) >= 11 is 12.2. The van der Waals surface area contributed by atoms with Crippen LogP contribution in [0.1, 0.15) is 18.4 Å². The molecule has 26 heavy (non-hydrogen) atoms. The summed E-state index contributed by atoms with van der Waals surface area (Å²) in [7, 11) is 1.76. The number of rotatable bonds is 3. The molecule has 0 aliphatic carbocycles. The van der Waals surface area contributed by atoms with E-state index in [2.05, 4.69) is 15.2 Å². The van der Waals surface area contributed by atoms with E-state index in [-0.39, 0.29) is 12.0 Å². The highest BCUT2D eigenvalue weighted by atomic mass is 35.5. The molecular weight excluding hydrogens is 375 g/mol. The number of hydrogen-bond acceptors (Lipinski definition) is 3. The fraction of sp³-hybridized carbons (Fsp3) is 0.556. The van der Waals surface area contributed by atoms with Crippen molar-refractivity contribution in [2.75, 3.05) is 39.8 Å². The van der Waals surface area contributed by atoms with Gasteiger partial charge in [0.25, 0.3) is 5.91 Å². The molecule has 1 atom stereocenters. The third-order valence-electron chi connectivity index (χ3n) is 4.76. The summed E-state index contributed by atoms with van der Waals surface area (Å²) in [5.74, 6) is 0.929. The summed E-state index contributed by atoms with van der Waals surface area (Å²) in [6.07, 6.45) is 1.57. The Bertz CT molecular complexity index is 669. The van der Waals surface area contributed by atoms with Gasteiger partial charge in [-0.05, 0) is 30.5 Å². The van der Waals surface area contributed by atoms with Gasteiger partial charge in [-0.15, -0.1) is 0 Å². The van der Waals surface area contributed by atoms with Gasteiger partial charge in [0.15, 0.2) is 5.96 Å². The van der Waals surface area contributed by atoms with Gasteiger partial charge in [-0.1, -0.05) is 29.3 Å². The molecule has 1 amide bonds. The number of carbonyl (C=O) groups excluding carboxylic acids is 1. The molecule has 0 saturated carbocycles. The second-order valence-electron chi connectivity index (χ2n) is 6.45. The first-order valence-corrected chi connectivity index (χ1v) is 9.64. The van der Waals surface area contributed by atoms with Crippen molar-refractivity contribution < 1.29 is 9.53 Å². The van der Waals surface area contributed by atoms with Crippen LogP contribution in [0.2, 0.25) is 10.0 Å². The van der Waals surface area contributed by atoms with Crippen LogP contribution in [0.4, 0.5) is 0 Å². The van der Waals surface area contributed by atoms with Gasteiger partial charge in [0.05, 0.1) is 0 Å². The minimum absolute atomic E-state index is 0.123. The average Bonchev–Trinajstić information content (AvgIpc) is 3.18. The first-order chi connectivity index (χ1) is 12.6. The summed E-state index contributed by atoms with van der Waals surface area (Å²) in [5, 5.41) is 4.59. The third-order valence-corrected chi connectivity index (χ3v) is 5.35. The zero-order valence-corrected chi connectivity index (χ0v) is 16.4. The number of carbonyl (C=O) groups is 1. The fourth-order valence-electron chi connectivity index (χ4n) is 3.29. The molecule has 8 heteroatoms. The number of benzene rings is 1. The monoisotopic (exact) mass is 398 g/mol.